The third kappa shape index (κ3) is 6.03. The van der Waals surface area contributed by atoms with E-state index in [1.807, 2.05) is 19.1 Å². The van der Waals surface area contributed by atoms with Gasteiger partial charge in [0, 0.05) is 28.2 Å². The average Bonchev–Trinajstić information content (AvgIpc) is 2.68. The van der Waals surface area contributed by atoms with Crippen LogP contribution in [0, 0.1) is 0 Å². The number of nitrogens with one attached hydrogen (secondary N) is 1. The molecule has 6 heteroatoms. The molecular formula is C22H26BrCl2NO2. The highest BCUT2D eigenvalue weighted by Gasteiger charge is 2.16. The predicted octanol–water partition coefficient (Wildman–Crippen LogP) is 7.16. The Labute approximate surface area is 185 Å². The van der Waals surface area contributed by atoms with Crippen molar-refractivity contribution in [3.05, 3.63) is 56.0 Å². The third-order valence-corrected chi connectivity index (χ3v) is 6.13. The van der Waals surface area contributed by atoms with Crippen LogP contribution in [-0.4, -0.2) is 12.6 Å². The molecule has 0 unspecified atom stereocenters. The first-order valence-electron chi connectivity index (χ1n) is 9.82. The number of hydrogen-bond donors (Lipinski definition) is 1. The molecule has 0 spiro atoms. The van der Waals surface area contributed by atoms with Crippen molar-refractivity contribution >= 4 is 39.1 Å². The summed E-state index contributed by atoms with van der Waals surface area (Å²) in [7, 11) is 0. The number of rotatable bonds is 8. The quantitative estimate of drug-likeness (QED) is 0.429. The topological polar surface area (TPSA) is 30.5 Å². The van der Waals surface area contributed by atoms with Gasteiger partial charge in [-0.1, -0.05) is 48.5 Å². The monoisotopic (exact) mass is 485 g/mol. The van der Waals surface area contributed by atoms with Gasteiger partial charge >= 0.3 is 0 Å². The van der Waals surface area contributed by atoms with Gasteiger partial charge in [0.25, 0.3) is 0 Å². The van der Waals surface area contributed by atoms with E-state index in [-0.39, 0.29) is 0 Å². The molecule has 1 saturated carbocycles. The van der Waals surface area contributed by atoms with Crippen LogP contribution in [-0.2, 0) is 13.2 Å². The van der Waals surface area contributed by atoms with Gasteiger partial charge in [-0.15, -0.1) is 0 Å². The summed E-state index contributed by atoms with van der Waals surface area (Å²) in [5, 5.41) is 4.88. The van der Waals surface area contributed by atoms with E-state index in [2.05, 4.69) is 33.4 Å². The fraction of sp³-hybridized carbons (Fsp3) is 0.455. The lowest BCUT2D eigenvalue weighted by atomic mass is 9.95. The summed E-state index contributed by atoms with van der Waals surface area (Å²) in [6, 6.07) is 10.2. The van der Waals surface area contributed by atoms with Gasteiger partial charge in [0.1, 0.15) is 6.61 Å². The summed E-state index contributed by atoms with van der Waals surface area (Å²) in [5.74, 6) is 1.43. The van der Waals surface area contributed by atoms with E-state index in [0.29, 0.717) is 35.1 Å². The minimum absolute atomic E-state index is 0.342. The molecule has 152 valence electrons. The van der Waals surface area contributed by atoms with Crippen LogP contribution in [0.5, 0.6) is 11.5 Å². The Morgan fingerprint density at radius 2 is 1.86 bits per heavy atom. The molecule has 1 N–H and O–H groups in total. The zero-order valence-corrected chi connectivity index (χ0v) is 19.2. The summed E-state index contributed by atoms with van der Waals surface area (Å²) in [6.07, 6.45) is 6.55. The predicted molar refractivity (Wildman–Crippen MR) is 120 cm³/mol. The number of halogens is 3. The number of benzene rings is 2. The van der Waals surface area contributed by atoms with E-state index < -0.39 is 0 Å². The van der Waals surface area contributed by atoms with Crippen molar-refractivity contribution in [2.45, 2.75) is 58.2 Å². The van der Waals surface area contributed by atoms with Crippen molar-refractivity contribution in [2.24, 2.45) is 0 Å². The number of ether oxygens (including phenoxy) is 2. The van der Waals surface area contributed by atoms with E-state index >= 15 is 0 Å². The summed E-state index contributed by atoms with van der Waals surface area (Å²) < 4.78 is 12.8. The smallest absolute Gasteiger partial charge is 0.175 e. The fourth-order valence-corrected chi connectivity index (χ4v) is 4.55. The Morgan fingerprint density at radius 1 is 1.07 bits per heavy atom. The molecule has 0 saturated heterocycles. The van der Waals surface area contributed by atoms with Crippen LogP contribution in [0.3, 0.4) is 0 Å². The van der Waals surface area contributed by atoms with Gasteiger partial charge in [-0.05, 0) is 65.5 Å². The van der Waals surface area contributed by atoms with Crippen LogP contribution in [0.4, 0.5) is 0 Å². The molecule has 0 amide bonds. The Balaban J connectivity index is 1.70. The van der Waals surface area contributed by atoms with Crippen molar-refractivity contribution in [1.29, 1.82) is 0 Å². The van der Waals surface area contributed by atoms with Crippen LogP contribution < -0.4 is 14.8 Å². The minimum Gasteiger partial charge on any atom is -0.490 e. The highest BCUT2D eigenvalue weighted by Crippen LogP contribution is 2.38. The Hall–Kier alpha value is -0.940. The van der Waals surface area contributed by atoms with Crippen molar-refractivity contribution in [1.82, 2.24) is 5.32 Å². The Bertz CT molecular complexity index is 794. The zero-order valence-electron chi connectivity index (χ0n) is 16.1. The van der Waals surface area contributed by atoms with E-state index in [0.717, 1.165) is 22.3 Å². The maximum absolute atomic E-state index is 6.26. The summed E-state index contributed by atoms with van der Waals surface area (Å²) in [5.41, 5.74) is 2.06. The maximum atomic E-state index is 6.26. The van der Waals surface area contributed by atoms with Crippen molar-refractivity contribution < 1.29 is 9.47 Å². The Morgan fingerprint density at radius 3 is 2.57 bits per heavy atom. The summed E-state index contributed by atoms with van der Waals surface area (Å²) in [6.45, 7) is 3.71. The maximum Gasteiger partial charge on any atom is 0.175 e. The molecule has 0 heterocycles. The van der Waals surface area contributed by atoms with Gasteiger partial charge in [0.2, 0.25) is 0 Å². The van der Waals surface area contributed by atoms with Crippen molar-refractivity contribution in [3.8, 4) is 11.5 Å². The van der Waals surface area contributed by atoms with Crippen LogP contribution in [0.2, 0.25) is 10.0 Å². The van der Waals surface area contributed by atoms with Gasteiger partial charge in [0.05, 0.1) is 11.1 Å². The normalized spacial score (nSPS) is 14.9. The first-order valence-corrected chi connectivity index (χ1v) is 11.4. The van der Waals surface area contributed by atoms with Gasteiger partial charge in [-0.3, -0.25) is 0 Å². The van der Waals surface area contributed by atoms with Crippen molar-refractivity contribution in [3.63, 3.8) is 0 Å². The molecule has 1 aliphatic rings. The SMILES string of the molecule is CCOc1cc(CNC2CCCCC2)cc(Br)c1OCc1ccc(Cl)cc1Cl. The standard InChI is InChI=1S/C22H26BrCl2NO2/c1-2-27-21-11-15(13-26-18-6-4-3-5-7-18)10-19(23)22(21)28-14-16-8-9-17(24)12-20(16)25/h8-12,18,26H,2-7,13-14H2,1H3. The molecule has 1 aliphatic carbocycles. The lowest BCUT2D eigenvalue weighted by Crippen LogP contribution is -2.30. The lowest BCUT2D eigenvalue weighted by Gasteiger charge is -2.23. The molecule has 0 bridgehead atoms. The second-order valence-corrected chi connectivity index (χ2v) is 8.78. The highest BCUT2D eigenvalue weighted by molar-refractivity contribution is 9.10. The third-order valence-electron chi connectivity index (χ3n) is 4.96. The first-order chi connectivity index (χ1) is 13.6. The lowest BCUT2D eigenvalue weighted by molar-refractivity contribution is 0.267. The van der Waals surface area contributed by atoms with E-state index in [1.54, 1.807) is 6.07 Å². The van der Waals surface area contributed by atoms with Crippen molar-refractivity contribution in [2.75, 3.05) is 6.61 Å². The average molecular weight is 487 g/mol. The molecule has 3 rings (SSSR count). The van der Waals surface area contributed by atoms with E-state index in [9.17, 15) is 0 Å². The van der Waals surface area contributed by atoms with Gasteiger partial charge in [0.15, 0.2) is 11.5 Å². The fourth-order valence-electron chi connectivity index (χ4n) is 3.48. The molecule has 0 aliphatic heterocycles. The van der Waals surface area contributed by atoms with Gasteiger partial charge in [-0.25, -0.2) is 0 Å². The van der Waals surface area contributed by atoms with Crippen LogP contribution in [0.25, 0.3) is 0 Å². The Kier molecular flexibility index (Phi) is 8.34. The van der Waals surface area contributed by atoms with Gasteiger partial charge < -0.3 is 14.8 Å². The van der Waals surface area contributed by atoms with Crippen LogP contribution in [0.1, 0.15) is 50.2 Å². The van der Waals surface area contributed by atoms with E-state index in [4.69, 9.17) is 32.7 Å². The molecule has 1 fully saturated rings. The second kappa shape index (κ2) is 10.7. The molecule has 0 aromatic heterocycles. The number of hydrogen-bond acceptors (Lipinski definition) is 3. The van der Waals surface area contributed by atoms with Crippen LogP contribution in [0.15, 0.2) is 34.8 Å². The molecule has 28 heavy (non-hydrogen) atoms. The summed E-state index contributed by atoms with van der Waals surface area (Å²) >= 11 is 15.9. The largest absolute Gasteiger partial charge is 0.490 e. The first kappa shape index (κ1) is 21.8. The second-order valence-electron chi connectivity index (χ2n) is 7.08. The molecule has 3 nitrogen and oxygen atoms in total. The van der Waals surface area contributed by atoms with E-state index in [1.165, 1.54) is 37.7 Å². The molecule has 2 aromatic rings. The summed E-state index contributed by atoms with van der Waals surface area (Å²) in [4.78, 5) is 0. The molecule has 0 radical (unpaired) electrons. The molecule has 2 aromatic carbocycles. The van der Waals surface area contributed by atoms with Crippen LogP contribution >= 0.6 is 39.1 Å². The zero-order chi connectivity index (χ0) is 19.9. The molecule has 0 atom stereocenters. The van der Waals surface area contributed by atoms with Gasteiger partial charge in [-0.2, -0.15) is 0 Å². The minimum atomic E-state index is 0.342. The highest BCUT2D eigenvalue weighted by atomic mass is 79.9. The molecular weight excluding hydrogens is 461 g/mol.